The predicted molar refractivity (Wildman–Crippen MR) is 488 cm³/mol. The molecule has 0 N–H and O–H groups in total. The van der Waals surface area contributed by atoms with E-state index < -0.39 is 76.9 Å². The number of piperidine rings is 4. The van der Waals surface area contributed by atoms with Gasteiger partial charge in [0.25, 0.3) is 23.6 Å². The van der Waals surface area contributed by atoms with Crippen molar-refractivity contribution in [2.24, 2.45) is 21.1 Å². The quantitative estimate of drug-likeness (QED) is 0.0644. The van der Waals surface area contributed by atoms with E-state index in [9.17, 15) is 58.7 Å². The Kier molecular flexibility index (Phi) is 26.0. The molecule has 7 aromatic carbocycles. The first-order valence-corrected chi connectivity index (χ1v) is 45.7. The number of carbonyl (C=O) groups excluding carboxylic acids is 4. The van der Waals surface area contributed by atoms with Crippen molar-refractivity contribution in [3.8, 4) is 102 Å². The van der Waals surface area contributed by atoms with E-state index in [0.717, 1.165) is 113 Å². The van der Waals surface area contributed by atoms with Gasteiger partial charge >= 0.3 is 19.0 Å². The molecular weight excluding hydrogens is 1810 g/mol. The molecule has 712 valence electrons. The Morgan fingerprint density at radius 3 is 1.45 bits per heavy atom. The number of para-hydroxylation sites is 5. The summed E-state index contributed by atoms with van der Waals surface area (Å²) >= 11 is 1.50. The maximum Gasteiger partial charge on any atom is 0.419 e. The number of halogens is 9. The average Bonchev–Trinajstić information content (AvgIpc) is 1.64. The minimum absolute atomic E-state index is 0.00546. The summed E-state index contributed by atoms with van der Waals surface area (Å²) in [7, 11) is 8.80. The highest BCUT2D eigenvalue weighted by Gasteiger charge is 2.52. The van der Waals surface area contributed by atoms with Crippen molar-refractivity contribution in [3.63, 3.8) is 0 Å². The van der Waals surface area contributed by atoms with Crippen LogP contribution in [0.3, 0.4) is 0 Å². The number of alkyl halides is 8. The maximum atomic E-state index is 14.1. The Morgan fingerprint density at radius 1 is 0.482 bits per heavy atom. The molecule has 0 unspecified atom stereocenters. The van der Waals surface area contributed by atoms with Gasteiger partial charge in [0.15, 0.2) is 23.1 Å². The molecule has 0 radical (unpaired) electrons. The van der Waals surface area contributed by atoms with Crippen LogP contribution in [0.1, 0.15) is 133 Å². The highest BCUT2D eigenvalue weighted by atomic mass is 32.1. The Bertz CT molecular complexity index is 6640. The van der Waals surface area contributed by atoms with Crippen LogP contribution in [0.15, 0.2) is 213 Å². The molecule has 6 aromatic heterocycles. The van der Waals surface area contributed by atoms with Crippen LogP contribution in [0.5, 0.6) is 46.0 Å². The smallest absolute Gasteiger partial charge is 0.419 e. The van der Waals surface area contributed by atoms with E-state index in [2.05, 4.69) is 36.2 Å². The number of likely N-dealkylation sites (tertiary alicyclic amines) is 4. The minimum atomic E-state index is -4.62. The number of pyridine rings is 1. The number of methoxy groups -OCH3 is 2. The zero-order valence-corrected chi connectivity index (χ0v) is 76.4. The number of amides is 4. The van der Waals surface area contributed by atoms with E-state index in [1.165, 1.54) is 53.8 Å². The molecule has 4 saturated heterocycles. The highest BCUT2D eigenvalue weighted by molar-refractivity contribution is 7.17. The van der Waals surface area contributed by atoms with Crippen molar-refractivity contribution in [2.45, 2.75) is 113 Å². The molecule has 26 nitrogen and oxygen atoms in total. The molecule has 0 aliphatic carbocycles. The summed E-state index contributed by atoms with van der Waals surface area (Å²) in [6.07, 6.45) is 4.75. The average molecular weight is 1900 g/mol. The second-order valence-electron chi connectivity index (χ2n) is 34.5. The number of aromatic nitrogens is 9. The largest absolute Gasteiger partial charge is 0.493 e. The van der Waals surface area contributed by atoms with Gasteiger partial charge in [-0.3, -0.25) is 42.9 Å². The molecule has 13 aromatic rings. The van der Waals surface area contributed by atoms with Crippen molar-refractivity contribution in [1.29, 1.82) is 0 Å². The third-order valence-electron chi connectivity index (χ3n) is 26.1. The van der Waals surface area contributed by atoms with Crippen LogP contribution >= 0.6 is 11.3 Å². The normalized spacial score (nSPS) is 16.3. The van der Waals surface area contributed by atoms with Crippen LogP contribution in [-0.4, -0.2) is 187 Å². The number of benzene rings is 7. The van der Waals surface area contributed by atoms with E-state index >= 15 is 0 Å². The van der Waals surface area contributed by atoms with Crippen LogP contribution in [-0.2, 0) is 61.0 Å². The lowest BCUT2D eigenvalue weighted by Crippen LogP contribution is -2.49. The molecule has 8 aliphatic heterocycles. The summed E-state index contributed by atoms with van der Waals surface area (Å²) in [5.41, 5.74) is 8.17. The molecule has 0 bridgehead atoms. The van der Waals surface area contributed by atoms with Crippen LogP contribution < -0.4 is 37.9 Å². The molecular formula is C101H96F9N13O13S. The van der Waals surface area contributed by atoms with Crippen molar-refractivity contribution in [2.75, 3.05) is 86.4 Å². The maximum absolute atomic E-state index is 14.1. The lowest BCUT2D eigenvalue weighted by atomic mass is 9.81. The Labute approximate surface area is 785 Å². The number of thiophene rings is 1. The SMILES string of the molecule is CCCOc1ccc(C(=O)N2CCC3(CC2)Oc2ccccc2-c2c3cnn2C)cc1C(F)(F)F.COCCOc1ccc(C(=O)N2CCC3(CC2)Oc2ccccc2-c2c3cnn2CC(F)(F)F)cc1OC.Cn1cc2c(n1)-c1ccccc1OC21CCN(C(=O)c2cccc(F)c2OC(F)F)CC1.Cn1ncc2c1-c1ccccc1OC21CCN(C(=O)c2ccc(-c3ccccn3)s2)CC1. The lowest BCUT2D eigenvalue weighted by Gasteiger charge is -2.44. The number of aryl methyl sites for hydroxylation is 3. The highest BCUT2D eigenvalue weighted by Crippen LogP contribution is 2.55. The van der Waals surface area contributed by atoms with Crippen molar-refractivity contribution >= 4 is 35.0 Å². The zero-order valence-electron chi connectivity index (χ0n) is 75.6. The molecule has 0 atom stereocenters. The van der Waals surface area contributed by atoms with E-state index in [4.69, 9.17) is 37.9 Å². The molecule has 8 aliphatic rings. The van der Waals surface area contributed by atoms with Gasteiger partial charge < -0.3 is 62.2 Å². The summed E-state index contributed by atoms with van der Waals surface area (Å²) < 4.78 is 178. The number of carbonyl (C=O) groups is 4. The van der Waals surface area contributed by atoms with Gasteiger partial charge in [0.05, 0.1) is 82.6 Å². The van der Waals surface area contributed by atoms with Gasteiger partial charge in [-0.1, -0.05) is 67.6 Å². The molecule has 4 spiro atoms. The lowest BCUT2D eigenvalue weighted by molar-refractivity contribution is -0.142. The minimum Gasteiger partial charge on any atom is -0.493 e. The number of rotatable bonds is 16. The first-order valence-electron chi connectivity index (χ1n) is 44.9. The van der Waals surface area contributed by atoms with Gasteiger partial charge in [0.2, 0.25) is 0 Å². The summed E-state index contributed by atoms with van der Waals surface area (Å²) in [4.78, 5) is 65.7. The number of ether oxygens (including phenoxy) is 9. The number of hydrogen-bond acceptors (Lipinski definition) is 19. The monoisotopic (exact) mass is 1900 g/mol. The van der Waals surface area contributed by atoms with Crippen LogP contribution in [0.4, 0.5) is 39.5 Å². The second kappa shape index (κ2) is 38.2. The first-order chi connectivity index (χ1) is 66.0. The topological polar surface area (TPSA) is 248 Å². The van der Waals surface area contributed by atoms with E-state index in [-0.39, 0.29) is 35.3 Å². The summed E-state index contributed by atoms with van der Waals surface area (Å²) in [5.74, 6) is 0.768. The third-order valence-corrected chi connectivity index (χ3v) is 27.2. The third kappa shape index (κ3) is 18.5. The fourth-order valence-electron chi connectivity index (χ4n) is 19.4. The number of nitrogens with zero attached hydrogens (tertiary/aromatic N) is 13. The fourth-order valence-corrected chi connectivity index (χ4v) is 20.3. The van der Waals surface area contributed by atoms with Crippen LogP contribution in [0.25, 0.3) is 55.6 Å². The van der Waals surface area contributed by atoms with Gasteiger partial charge in [0.1, 0.15) is 70.0 Å². The second-order valence-corrected chi connectivity index (χ2v) is 35.6. The van der Waals surface area contributed by atoms with Gasteiger partial charge in [-0.15, -0.1) is 11.3 Å². The van der Waals surface area contributed by atoms with Gasteiger partial charge in [0, 0.05) is 200 Å². The van der Waals surface area contributed by atoms with Gasteiger partial charge in [-0.05, 0) is 128 Å². The first kappa shape index (κ1) is 93.3. The van der Waals surface area contributed by atoms with Gasteiger partial charge in [-0.25, -0.2) is 4.39 Å². The summed E-state index contributed by atoms with van der Waals surface area (Å²) in [6, 6.07) is 52.5. The molecule has 4 amide bonds. The fraction of sp³-hybridized carbons (Fsp3) is 0.337. The van der Waals surface area contributed by atoms with Crippen molar-refractivity contribution < 1.29 is 101 Å². The van der Waals surface area contributed by atoms with Crippen molar-refractivity contribution in [1.82, 2.24) is 63.7 Å². The van der Waals surface area contributed by atoms with Gasteiger partial charge in [-0.2, -0.15) is 55.5 Å². The van der Waals surface area contributed by atoms with E-state index in [1.807, 2.05) is 158 Å². The molecule has 137 heavy (non-hydrogen) atoms. The zero-order chi connectivity index (χ0) is 95.9. The van der Waals surface area contributed by atoms with E-state index in [1.54, 1.807) is 70.3 Å². The standard InChI is InChI=1S/C27H28F3N3O5.C26H26F3N3O3.C25H22N4O2S.C23H20F3N3O3/c1-35-13-14-37-22-8-7-18(15-23(22)36-2)25(34)32-11-9-26(10-12-32)20-16-31-33(17-27(28,29)30)24(20)19-5-3-4-6-21(19)38-26;1-3-14-34-22-9-8-17(15-19(22)26(27,28)29)24(33)32-12-10-25(11-13-32)20-16-30-31(2)23(20)18-6-4-5-7-21(18)35-25;1-28-23-17-6-2-3-8-20(17)31-25(18(23)16-27-28)11-14-29(15-12-25)24(30)22-10-9-21(32-22)19-7-4-5-13-26-19;1-28-13-16-19(27-28)14-5-2-3-8-18(14)32-23(16)9-11-29(12-10-23)21(30)15-6-4-7-17(24)20(15)31-22(25)26/h3-8,15-16H,9-14,17H2,1-2H3;4-9,15-16H,3,10-14H2,1-2H3;2-10,13,16H,11-12,14-15H2,1H3;2-8,13,22H,9-12H2,1H3. The van der Waals surface area contributed by atoms with Crippen molar-refractivity contribution in [3.05, 3.63) is 268 Å². The summed E-state index contributed by atoms with van der Waals surface area (Å²) in [6.45, 7) is 1.66. The van der Waals surface area contributed by atoms with E-state index in [0.29, 0.717) is 150 Å². The molecule has 21 rings (SSSR count). The Hall–Kier alpha value is -14.2. The molecule has 36 heteroatoms. The Morgan fingerprint density at radius 2 is 0.949 bits per heavy atom. The van der Waals surface area contributed by atoms with Crippen LogP contribution in [0.2, 0.25) is 0 Å². The molecule has 4 fully saturated rings. The predicted octanol–water partition coefficient (Wildman–Crippen LogP) is 19.2. The number of fused-ring (bicyclic) bond motifs is 16. The summed E-state index contributed by atoms with van der Waals surface area (Å²) in [5, 5.41) is 17.7. The number of hydrogen-bond donors (Lipinski definition) is 0. The molecule has 0 saturated carbocycles. The molecule has 14 heterocycles. The Balaban J connectivity index is 0.000000122. The van der Waals surface area contributed by atoms with Crippen LogP contribution in [0, 0.1) is 5.82 Å².